The number of ether oxygens (including phenoxy) is 2. The van der Waals surface area contributed by atoms with Crippen molar-refractivity contribution in [3.8, 4) is 0 Å². The van der Waals surface area contributed by atoms with Crippen LogP contribution in [0.4, 0.5) is 0 Å². The SMILES string of the molecule is CC/C=C\C/C=C\C/C=C\C/C=C\C/C=C\C/C=C\C/C=C\CCCCCCCCCCCCCC(=O)NC(COC1OC(CO)C(O)C(O)C1O)C(O)/C=C/CCCCCCCCCCCCCCCCCCC. The van der Waals surface area contributed by atoms with E-state index in [2.05, 4.69) is 104 Å². The van der Waals surface area contributed by atoms with Crippen LogP contribution >= 0.6 is 0 Å². The summed E-state index contributed by atoms with van der Waals surface area (Å²) in [6, 6.07) is -0.813. The Balaban J connectivity index is 2.19. The molecule has 0 spiro atoms. The van der Waals surface area contributed by atoms with Crippen LogP contribution in [0.2, 0.25) is 0 Å². The van der Waals surface area contributed by atoms with Gasteiger partial charge in [-0.1, -0.05) is 272 Å². The molecule has 9 nitrogen and oxygen atoms in total. The van der Waals surface area contributed by atoms with Crippen molar-refractivity contribution in [2.45, 2.75) is 301 Å². The predicted molar refractivity (Wildman–Crippen MR) is 318 cm³/mol. The summed E-state index contributed by atoms with van der Waals surface area (Å²) in [6.45, 7) is 3.68. The molecule has 1 aliphatic heterocycles. The topological polar surface area (TPSA) is 149 Å². The van der Waals surface area contributed by atoms with Crippen LogP contribution in [0.25, 0.3) is 0 Å². The molecule has 0 aliphatic carbocycles. The van der Waals surface area contributed by atoms with Crippen LogP contribution in [-0.4, -0.2) is 87.5 Å². The van der Waals surface area contributed by atoms with Gasteiger partial charge in [-0.2, -0.15) is 0 Å². The molecule has 0 saturated carbocycles. The third kappa shape index (κ3) is 43.7. The predicted octanol–water partition coefficient (Wildman–Crippen LogP) is 16.0. The number of unbranched alkanes of at least 4 members (excludes halogenated alkanes) is 28. The third-order valence-electron chi connectivity index (χ3n) is 14.2. The van der Waals surface area contributed by atoms with Gasteiger partial charge in [-0.3, -0.25) is 4.79 Å². The average Bonchev–Trinajstić information content (AvgIpc) is 3.41. The molecule has 7 unspecified atom stereocenters. The molecule has 75 heavy (non-hydrogen) atoms. The quantitative estimate of drug-likeness (QED) is 0.0261. The standard InChI is InChI=1S/C66H115NO8/c1-3-5-7-9-11-13-15-17-19-21-23-24-25-26-27-28-29-30-31-32-33-34-35-36-38-40-42-44-46-48-50-52-54-56-62(70)67-59(58-74-66-65(73)64(72)63(71)61(57-68)75-66)60(69)55-53-51-49-47-45-43-41-39-37-22-20-18-16-14-12-10-8-6-4-2/h5,7,11,13,17,19,23-24,26-27,29-30,32-33,53,55,59-61,63-66,68-69,71-73H,3-4,6,8-10,12,14-16,18,20-22,25,28,31,34-52,54,56-58H2,1-2H3,(H,67,70)/b7-5-,13-11-,19-17-,24-23-,27-26-,30-29-,33-32-,55-53+. The first kappa shape index (κ1) is 70.1. The molecule has 0 aromatic rings. The molecule has 1 rings (SSSR count). The van der Waals surface area contributed by atoms with E-state index >= 15 is 0 Å². The van der Waals surface area contributed by atoms with E-state index in [-0.39, 0.29) is 12.5 Å². The van der Waals surface area contributed by atoms with Gasteiger partial charge < -0.3 is 40.3 Å². The molecule has 0 aromatic carbocycles. The van der Waals surface area contributed by atoms with Gasteiger partial charge in [0.2, 0.25) is 5.91 Å². The molecular formula is C66H115NO8. The van der Waals surface area contributed by atoms with Crippen LogP contribution in [0, 0.1) is 0 Å². The molecule has 0 radical (unpaired) electrons. The summed E-state index contributed by atoms with van der Waals surface area (Å²) in [4.78, 5) is 13.1. The minimum absolute atomic E-state index is 0.182. The number of carbonyl (C=O) groups excluding carboxylic acids is 1. The Labute approximate surface area is 460 Å². The highest BCUT2D eigenvalue weighted by Gasteiger charge is 2.44. The Morgan fingerprint density at radius 2 is 0.827 bits per heavy atom. The fourth-order valence-electron chi connectivity index (χ4n) is 9.31. The average molecular weight is 1050 g/mol. The van der Waals surface area contributed by atoms with Crippen molar-refractivity contribution in [2.24, 2.45) is 0 Å². The number of hydrogen-bond donors (Lipinski definition) is 6. The molecule has 0 aromatic heterocycles. The van der Waals surface area contributed by atoms with Gasteiger partial charge in [0.15, 0.2) is 6.29 Å². The Kier molecular flexibility index (Phi) is 50.9. The van der Waals surface area contributed by atoms with Crippen LogP contribution in [0.5, 0.6) is 0 Å². The second kappa shape index (κ2) is 54.5. The van der Waals surface area contributed by atoms with Crippen LogP contribution < -0.4 is 5.32 Å². The molecule has 1 fully saturated rings. The summed E-state index contributed by atoms with van der Waals surface area (Å²) < 4.78 is 11.3. The third-order valence-corrected chi connectivity index (χ3v) is 14.2. The Morgan fingerprint density at radius 3 is 1.23 bits per heavy atom. The summed E-state index contributed by atoms with van der Waals surface area (Å²) in [5.74, 6) is -0.182. The van der Waals surface area contributed by atoms with E-state index in [0.717, 1.165) is 89.9 Å². The van der Waals surface area contributed by atoms with Crippen molar-refractivity contribution in [3.05, 3.63) is 97.2 Å². The molecule has 6 N–H and O–H groups in total. The number of carbonyl (C=O) groups is 1. The summed E-state index contributed by atoms with van der Waals surface area (Å²) in [5.41, 5.74) is 0. The lowest BCUT2D eigenvalue weighted by molar-refractivity contribution is -0.302. The van der Waals surface area contributed by atoms with Gasteiger partial charge in [0.1, 0.15) is 24.4 Å². The van der Waals surface area contributed by atoms with Crippen LogP contribution in [0.3, 0.4) is 0 Å². The number of aliphatic hydroxyl groups excluding tert-OH is 5. The van der Waals surface area contributed by atoms with Gasteiger partial charge in [0.05, 0.1) is 25.4 Å². The molecule has 1 heterocycles. The van der Waals surface area contributed by atoms with Crippen LogP contribution in [0.15, 0.2) is 97.2 Å². The fourth-order valence-corrected chi connectivity index (χ4v) is 9.31. The Morgan fingerprint density at radius 1 is 0.467 bits per heavy atom. The van der Waals surface area contributed by atoms with Crippen LogP contribution in [0.1, 0.15) is 258 Å². The second-order valence-corrected chi connectivity index (χ2v) is 21.1. The highest BCUT2D eigenvalue weighted by Crippen LogP contribution is 2.23. The van der Waals surface area contributed by atoms with Gasteiger partial charge in [-0.25, -0.2) is 0 Å². The highest BCUT2D eigenvalue weighted by molar-refractivity contribution is 5.76. The lowest BCUT2D eigenvalue weighted by Crippen LogP contribution is -2.60. The number of allylic oxidation sites excluding steroid dienone is 15. The Bertz CT molecular complexity index is 1500. The molecule has 9 heteroatoms. The van der Waals surface area contributed by atoms with Crippen molar-refractivity contribution in [1.29, 1.82) is 0 Å². The first-order valence-corrected chi connectivity index (χ1v) is 31.0. The number of amides is 1. The summed E-state index contributed by atoms with van der Waals surface area (Å²) >= 11 is 0. The zero-order valence-electron chi connectivity index (χ0n) is 48.0. The molecule has 432 valence electrons. The van der Waals surface area contributed by atoms with E-state index in [1.165, 1.54) is 148 Å². The number of nitrogens with one attached hydrogen (secondary N) is 1. The maximum absolute atomic E-state index is 13.1. The second-order valence-electron chi connectivity index (χ2n) is 21.1. The van der Waals surface area contributed by atoms with E-state index < -0.39 is 49.5 Å². The molecular weight excluding hydrogens is 935 g/mol. The lowest BCUT2D eigenvalue weighted by Gasteiger charge is -2.40. The lowest BCUT2D eigenvalue weighted by atomic mass is 9.99. The molecule has 1 amide bonds. The maximum Gasteiger partial charge on any atom is 0.220 e. The molecule has 0 bridgehead atoms. The van der Waals surface area contributed by atoms with Gasteiger partial charge >= 0.3 is 0 Å². The van der Waals surface area contributed by atoms with Gasteiger partial charge in [-0.05, 0) is 77.0 Å². The van der Waals surface area contributed by atoms with E-state index in [1.54, 1.807) is 6.08 Å². The normalized spacial score (nSPS) is 19.6. The van der Waals surface area contributed by atoms with Crippen molar-refractivity contribution in [2.75, 3.05) is 13.2 Å². The molecule has 1 saturated heterocycles. The fraction of sp³-hybridized carbons (Fsp3) is 0.742. The molecule has 7 atom stereocenters. The zero-order valence-corrected chi connectivity index (χ0v) is 48.0. The van der Waals surface area contributed by atoms with Crippen LogP contribution in [-0.2, 0) is 14.3 Å². The first-order chi connectivity index (χ1) is 36.8. The van der Waals surface area contributed by atoms with E-state index in [9.17, 15) is 30.3 Å². The Hall–Kier alpha value is -2.89. The van der Waals surface area contributed by atoms with E-state index in [0.29, 0.717) is 6.42 Å². The van der Waals surface area contributed by atoms with Gasteiger partial charge in [-0.15, -0.1) is 0 Å². The van der Waals surface area contributed by atoms with Gasteiger partial charge in [0.25, 0.3) is 0 Å². The van der Waals surface area contributed by atoms with Crippen molar-refractivity contribution in [3.63, 3.8) is 0 Å². The number of rotatable bonds is 52. The minimum atomic E-state index is -1.57. The van der Waals surface area contributed by atoms with E-state index in [1.807, 2.05) is 6.08 Å². The maximum atomic E-state index is 13.1. The van der Waals surface area contributed by atoms with Crippen molar-refractivity contribution in [1.82, 2.24) is 5.32 Å². The first-order valence-electron chi connectivity index (χ1n) is 31.0. The van der Waals surface area contributed by atoms with E-state index in [4.69, 9.17) is 9.47 Å². The van der Waals surface area contributed by atoms with Crippen molar-refractivity contribution >= 4 is 5.91 Å². The highest BCUT2D eigenvalue weighted by atomic mass is 16.7. The monoisotopic (exact) mass is 1050 g/mol. The molecule has 1 aliphatic rings. The summed E-state index contributed by atoms with van der Waals surface area (Å²) in [5, 5.41) is 54.6. The number of aliphatic hydroxyl groups is 5. The number of hydrogen-bond acceptors (Lipinski definition) is 8. The smallest absolute Gasteiger partial charge is 0.220 e. The largest absolute Gasteiger partial charge is 0.394 e. The summed E-state index contributed by atoms with van der Waals surface area (Å²) in [6.07, 6.45) is 71.9. The zero-order chi connectivity index (χ0) is 54.3. The van der Waals surface area contributed by atoms with Crippen molar-refractivity contribution < 1.29 is 39.8 Å². The summed E-state index contributed by atoms with van der Waals surface area (Å²) in [7, 11) is 0. The van der Waals surface area contributed by atoms with Gasteiger partial charge in [0, 0.05) is 6.42 Å². The minimum Gasteiger partial charge on any atom is -0.394 e.